The Hall–Kier alpha value is -1.09. The molecule has 1 saturated carbocycles. The van der Waals surface area contributed by atoms with Crippen molar-refractivity contribution in [2.45, 2.75) is 58.1 Å². The van der Waals surface area contributed by atoms with Gasteiger partial charge in [-0.05, 0) is 44.6 Å². The molecule has 0 spiro atoms. The van der Waals surface area contributed by atoms with Crippen LogP contribution in [0.15, 0.2) is 23.3 Å². The molecular formula is C19H33IN4O2. The molecule has 2 rings (SSSR count). The van der Waals surface area contributed by atoms with Crippen LogP contribution in [0.5, 0.6) is 5.88 Å². The fourth-order valence-corrected chi connectivity index (χ4v) is 2.86. The zero-order chi connectivity index (χ0) is 17.7. The van der Waals surface area contributed by atoms with E-state index < -0.39 is 0 Å². The van der Waals surface area contributed by atoms with Crippen LogP contribution < -0.4 is 15.4 Å². The first-order valence-electron chi connectivity index (χ1n) is 9.44. The van der Waals surface area contributed by atoms with Crippen molar-refractivity contribution in [3.05, 3.63) is 23.9 Å². The number of pyridine rings is 1. The van der Waals surface area contributed by atoms with Crippen molar-refractivity contribution in [1.29, 1.82) is 0 Å². The second-order valence-electron chi connectivity index (χ2n) is 6.35. The fraction of sp³-hybridized carbons (Fsp3) is 0.684. The molecule has 0 unspecified atom stereocenters. The van der Waals surface area contributed by atoms with Crippen molar-refractivity contribution < 1.29 is 9.47 Å². The highest BCUT2D eigenvalue weighted by atomic mass is 127. The summed E-state index contributed by atoms with van der Waals surface area (Å²) in [5, 5.41) is 6.55. The maximum absolute atomic E-state index is 5.97. The van der Waals surface area contributed by atoms with E-state index in [0.29, 0.717) is 12.6 Å². The van der Waals surface area contributed by atoms with Gasteiger partial charge >= 0.3 is 0 Å². The highest BCUT2D eigenvalue weighted by molar-refractivity contribution is 14.0. The Morgan fingerprint density at radius 2 is 2.04 bits per heavy atom. The third-order valence-electron chi connectivity index (χ3n) is 4.22. The minimum atomic E-state index is 0. The van der Waals surface area contributed by atoms with E-state index in [1.807, 2.05) is 18.3 Å². The van der Waals surface area contributed by atoms with E-state index >= 15 is 0 Å². The van der Waals surface area contributed by atoms with Crippen molar-refractivity contribution in [2.24, 2.45) is 4.99 Å². The topological polar surface area (TPSA) is 67.8 Å². The third-order valence-corrected chi connectivity index (χ3v) is 4.22. The first-order chi connectivity index (χ1) is 12.3. The summed E-state index contributed by atoms with van der Waals surface area (Å²) in [5.41, 5.74) is 1.07. The molecule has 1 aromatic rings. The first kappa shape index (κ1) is 23.0. The van der Waals surface area contributed by atoms with Crippen LogP contribution in [0.25, 0.3) is 0 Å². The highest BCUT2D eigenvalue weighted by Crippen LogP contribution is 2.22. The Kier molecular flexibility index (Phi) is 12.4. The van der Waals surface area contributed by atoms with Crippen LogP contribution >= 0.6 is 24.0 Å². The quantitative estimate of drug-likeness (QED) is 0.247. The van der Waals surface area contributed by atoms with Crippen molar-refractivity contribution in [3.8, 4) is 5.88 Å². The Morgan fingerprint density at radius 1 is 1.23 bits per heavy atom. The zero-order valence-corrected chi connectivity index (χ0v) is 18.3. The molecule has 0 atom stereocenters. The summed E-state index contributed by atoms with van der Waals surface area (Å²) in [6.45, 7) is 5.08. The summed E-state index contributed by atoms with van der Waals surface area (Å²) in [4.78, 5) is 9.03. The molecule has 0 aromatic carbocycles. The standard InChI is InChI=1S/C19H32N4O2.HI/c1-3-20-19(21-12-7-13-24-2)23-15-16-10-11-18(22-14-16)25-17-8-5-4-6-9-17;/h10-11,14,17H,3-9,12-13,15H2,1-2H3,(H2,20,21,23);1H. The van der Waals surface area contributed by atoms with E-state index in [9.17, 15) is 0 Å². The largest absolute Gasteiger partial charge is 0.474 e. The molecular weight excluding hydrogens is 443 g/mol. The van der Waals surface area contributed by atoms with Crippen LogP contribution in [0.2, 0.25) is 0 Å². The second-order valence-corrected chi connectivity index (χ2v) is 6.35. The molecule has 0 amide bonds. The lowest BCUT2D eigenvalue weighted by Gasteiger charge is -2.22. The van der Waals surface area contributed by atoms with Crippen molar-refractivity contribution in [2.75, 3.05) is 26.8 Å². The second kappa shape index (κ2) is 14.0. The molecule has 148 valence electrons. The van der Waals surface area contributed by atoms with Gasteiger partial charge in [0.05, 0.1) is 6.54 Å². The zero-order valence-electron chi connectivity index (χ0n) is 16.0. The molecule has 0 saturated heterocycles. The van der Waals surface area contributed by atoms with Crippen molar-refractivity contribution in [3.63, 3.8) is 0 Å². The number of aromatic nitrogens is 1. The number of aliphatic imine (C=N–C) groups is 1. The molecule has 0 bridgehead atoms. The minimum absolute atomic E-state index is 0. The highest BCUT2D eigenvalue weighted by Gasteiger charge is 2.15. The van der Waals surface area contributed by atoms with E-state index in [1.165, 1.54) is 19.3 Å². The molecule has 1 fully saturated rings. The number of methoxy groups -OCH3 is 1. The molecule has 0 radical (unpaired) electrons. The van der Waals surface area contributed by atoms with Crippen LogP contribution in [0.4, 0.5) is 0 Å². The van der Waals surface area contributed by atoms with Gasteiger partial charge in [-0.2, -0.15) is 0 Å². The first-order valence-corrected chi connectivity index (χ1v) is 9.44. The smallest absolute Gasteiger partial charge is 0.213 e. The van der Waals surface area contributed by atoms with Gasteiger partial charge in [0.25, 0.3) is 0 Å². The lowest BCUT2D eigenvalue weighted by molar-refractivity contribution is 0.148. The van der Waals surface area contributed by atoms with Crippen molar-refractivity contribution in [1.82, 2.24) is 15.6 Å². The SMILES string of the molecule is CCNC(=NCc1ccc(OC2CCCCC2)nc1)NCCCOC.I. The maximum atomic E-state index is 5.97. The van der Waals surface area contributed by atoms with E-state index in [2.05, 4.69) is 27.5 Å². The average molecular weight is 476 g/mol. The molecule has 1 aromatic heterocycles. The Morgan fingerprint density at radius 3 is 2.69 bits per heavy atom. The fourth-order valence-electron chi connectivity index (χ4n) is 2.86. The van der Waals surface area contributed by atoms with Gasteiger partial charge in [0.2, 0.25) is 5.88 Å². The van der Waals surface area contributed by atoms with Gasteiger partial charge in [-0.25, -0.2) is 9.98 Å². The molecule has 7 heteroatoms. The summed E-state index contributed by atoms with van der Waals surface area (Å²) in [7, 11) is 1.72. The average Bonchev–Trinajstić information content (AvgIpc) is 2.65. The van der Waals surface area contributed by atoms with Crippen LogP contribution in [0, 0.1) is 0 Å². The van der Waals surface area contributed by atoms with Crippen LogP contribution in [-0.2, 0) is 11.3 Å². The third kappa shape index (κ3) is 9.02. The number of nitrogens with one attached hydrogen (secondary N) is 2. The lowest BCUT2D eigenvalue weighted by Crippen LogP contribution is -2.38. The van der Waals surface area contributed by atoms with E-state index in [4.69, 9.17) is 9.47 Å². The molecule has 0 aliphatic heterocycles. The predicted molar refractivity (Wildman–Crippen MR) is 116 cm³/mol. The molecule has 1 aliphatic rings. The van der Waals surface area contributed by atoms with E-state index in [1.54, 1.807) is 7.11 Å². The molecule has 1 heterocycles. The minimum Gasteiger partial charge on any atom is -0.474 e. The summed E-state index contributed by atoms with van der Waals surface area (Å²) in [5.74, 6) is 1.55. The van der Waals surface area contributed by atoms with Gasteiger partial charge in [-0.15, -0.1) is 24.0 Å². The number of guanidine groups is 1. The molecule has 1 aliphatic carbocycles. The van der Waals surface area contributed by atoms with Gasteiger partial charge in [-0.3, -0.25) is 0 Å². The predicted octanol–water partition coefficient (Wildman–Crippen LogP) is 3.50. The molecule has 6 nitrogen and oxygen atoms in total. The number of hydrogen-bond acceptors (Lipinski definition) is 4. The Labute approximate surface area is 174 Å². The summed E-state index contributed by atoms with van der Waals surface area (Å²) in [6.07, 6.45) is 9.30. The molecule has 26 heavy (non-hydrogen) atoms. The van der Waals surface area contributed by atoms with Crippen molar-refractivity contribution >= 4 is 29.9 Å². The normalized spacial score (nSPS) is 15.2. The van der Waals surface area contributed by atoms with Gasteiger partial charge in [-0.1, -0.05) is 12.5 Å². The number of rotatable bonds is 9. The van der Waals surface area contributed by atoms with Gasteiger partial charge < -0.3 is 20.1 Å². The number of nitrogens with zero attached hydrogens (tertiary/aromatic N) is 2. The van der Waals surface area contributed by atoms with Gasteiger partial charge in [0.15, 0.2) is 5.96 Å². The monoisotopic (exact) mass is 476 g/mol. The van der Waals surface area contributed by atoms with Gasteiger partial charge in [0, 0.05) is 39.1 Å². The summed E-state index contributed by atoms with van der Waals surface area (Å²) < 4.78 is 11.0. The summed E-state index contributed by atoms with van der Waals surface area (Å²) in [6, 6.07) is 4.00. The Balaban J connectivity index is 0.00000338. The van der Waals surface area contributed by atoms with Crippen LogP contribution in [0.3, 0.4) is 0 Å². The van der Waals surface area contributed by atoms with Gasteiger partial charge in [0.1, 0.15) is 6.10 Å². The Bertz CT molecular complexity index is 505. The van der Waals surface area contributed by atoms with Crippen LogP contribution in [0.1, 0.15) is 51.0 Å². The lowest BCUT2D eigenvalue weighted by atomic mass is 9.98. The van der Waals surface area contributed by atoms with E-state index in [-0.39, 0.29) is 24.0 Å². The van der Waals surface area contributed by atoms with E-state index in [0.717, 1.165) is 56.4 Å². The summed E-state index contributed by atoms with van der Waals surface area (Å²) >= 11 is 0. The molecule has 2 N–H and O–H groups in total. The maximum Gasteiger partial charge on any atom is 0.213 e. The number of hydrogen-bond donors (Lipinski definition) is 2. The van der Waals surface area contributed by atoms with Crippen LogP contribution in [-0.4, -0.2) is 43.9 Å². The number of ether oxygens (including phenoxy) is 2. The number of halogens is 1.